The number of piperidine rings is 2. The van der Waals surface area contributed by atoms with E-state index in [-0.39, 0.29) is 23.4 Å². The van der Waals surface area contributed by atoms with Gasteiger partial charge in [-0.15, -0.1) is 0 Å². The maximum Gasteiger partial charge on any atom is 0.415 e. The molecular weight excluding hydrogens is 520 g/mol. The third-order valence-corrected chi connectivity index (χ3v) is 8.02. The van der Waals surface area contributed by atoms with Crippen molar-refractivity contribution in [2.45, 2.75) is 43.8 Å². The van der Waals surface area contributed by atoms with Gasteiger partial charge in [0.2, 0.25) is 0 Å². The Bertz CT molecular complexity index is 1260. The Morgan fingerprint density at radius 1 is 0.805 bits per heavy atom. The molecule has 2 aromatic rings. The van der Waals surface area contributed by atoms with Crippen LogP contribution in [0.5, 0.6) is 0 Å². The summed E-state index contributed by atoms with van der Waals surface area (Å²) in [5, 5.41) is 3.26. The molecule has 4 saturated heterocycles. The van der Waals surface area contributed by atoms with Gasteiger partial charge in [0, 0.05) is 51.5 Å². The minimum Gasteiger partial charge on any atom is -0.441 e. The van der Waals surface area contributed by atoms with Crippen molar-refractivity contribution in [1.29, 1.82) is 0 Å². The van der Waals surface area contributed by atoms with Crippen LogP contribution in [0.3, 0.4) is 0 Å². The number of carbonyl (C=O) groups is 2. The van der Waals surface area contributed by atoms with Crippen molar-refractivity contribution < 1.29 is 19.1 Å². The highest BCUT2D eigenvalue weighted by atomic mass is 16.6. The lowest BCUT2D eigenvalue weighted by molar-refractivity contribution is 0.00221. The Morgan fingerprint density at radius 3 is 1.88 bits per heavy atom. The second kappa shape index (κ2) is 13.5. The Labute approximate surface area is 242 Å². The van der Waals surface area contributed by atoms with E-state index in [1.807, 2.05) is 30.3 Å². The molecule has 2 aromatic carbocycles. The van der Waals surface area contributed by atoms with E-state index in [0.29, 0.717) is 17.9 Å². The van der Waals surface area contributed by atoms with Crippen LogP contribution in [-0.2, 0) is 9.47 Å². The molecule has 4 fully saturated rings. The number of likely N-dealkylation sites (tertiary alicyclic amines) is 1. The van der Waals surface area contributed by atoms with E-state index in [4.69, 9.17) is 22.6 Å². The van der Waals surface area contributed by atoms with E-state index < -0.39 is 0 Å². The van der Waals surface area contributed by atoms with Crippen molar-refractivity contribution in [3.63, 3.8) is 0 Å². The van der Waals surface area contributed by atoms with Crippen LogP contribution >= 0.6 is 0 Å². The second-order valence-electron chi connectivity index (χ2n) is 10.8. The predicted octanol–water partition coefficient (Wildman–Crippen LogP) is 5.48. The molecule has 2 spiro atoms. The second-order valence-corrected chi connectivity index (χ2v) is 10.8. The molecule has 0 atom stereocenters. The number of ether oxygens (including phenoxy) is 2. The summed E-state index contributed by atoms with van der Waals surface area (Å²) in [6, 6.07) is 16.3. The summed E-state index contributed by atoms with van der Waals surface area (Å²) in [7, 11) is 1.79. The summed E-state index contributed by atoms with van der Waals surface area (Å²) < 4.78 is 11.1. The Kier molecular flexibility index (Phi) is 9.82. The van der Waals surface area contributed by atoms with E-state index >= 15 is 0 Å². The summed E-state index contributed by atoms with van der Waals surface area (Å²) >= 11 is 0. The van der Waals surface area contributed by atoms with Crippen LogP contribution in [-0.4, -0.2) is 86.0 Å². The van der Waals surface area contributed by atoms with Crippen LogP contribution in [0, 0.1) is 13.1 Å². The minimum atomic E-state index is -0.332. The smallest absolute Gasteiger partial charge is 0.415 e. The Morgan fingerprint density at radius 2 is 1.37 bits per heavy atom. The zero-order chi connectivity index (χ0) is 29.3. The molecule has 10 nitrogen and oxygen atoms in total. The first kappa shape index (κ1) is 29.9. The number of nitrogens with one attached hydrogen (secondary N) is 1. The zero-order valence-electron chi connectivity index (χ0n) is 23.8. The first-order chi connectivity index (χ1) is 19.8. The molecule has 4 heterocycles. The van der Waals surface area contributed by atoms with Crippen molar-refractivity contribution >= 4 is 29.2 Å². The van der Waals surface area contributed by atoms with Gasteiger partial charge in [0.15, 0.2) is 11.4 Å². The van der Waals surface area contributed by atoms with Crippen molar-refractivity contribution in [1.82, 2.24) is 15.1 Å². The summed E-state index contributed by atoms with van der Waals surface area (Å²) in [4.78, 5) is 35.6. The molecule has 0 saturated carbocycles. The summed E-state index contributed by atoms with van der Waals surface area (Å²) in [5.41, 5.74) is 1.59. The number of rotatable bonds is 2. The molecule has 10 heteroatoms. The highest BCUT2D eigenvalue weighted by Gasteiger charge is 2.47. The van der Waals surface area contributed by atoms with Crippen molar-refractivity contribution in [3.05, 3.63) is 77.4 Å². The first-order valence-corrected chi connectivity index (χ1v) is 14.1. The largest absolute Gasteiger partial charge is 0.441 e. The molecule has 0 bridgehead atoms. The van der Waals surface area contributed by atoms with E-state index in [0.717, 1.165) is 70.6 Å². The monoisotopic (exact) mass is 558 g/mol. The quantitative estimate of drug-likeness (QED) is 0.492. The fourth-order valence-electron chi connectivity index (χ4n) is 5.50. The molecule has 1 N–H and O–H groups in total. The third-order valence-electron chi connectivity index (χ3n) is 8.02. The van der Waals surface area contributed by atoms with Gasteiger partial charge in [0.1, 0.15) is 11.2 Å². The van der Waals surface area contributed by atoms with E-state index in [1.54, 1.807) is 41.1 Å². The minimum absolute atomic E-state index is 0.170. The van der Waals surface area contributed by atoms with Gasteiger partial charge in [-0.2, -0.15) is 0 Å². The standard InChI is InChI=1S/C16H19N3O2.C8H14N2O2.C7H5N/c1-3-18-10-8-16(9-11-18)12-19(15(20)21-16)14-6-4-13(17-2)5-7-14;1-10-6-8(12-7(10)11)2-4-9-5-3-8;1-8-7-5-3-2-4-6-7/h4-7H,3,8-12H2,1H3;9H,2-6H2,1H3;2-6H. The van der Waals surface area contributed by atoms with E-state index in [1.165, 1.54) is 0 Å². The van der Waals surface area contributed by atoms with Gasteiger partial charge >= 0.3 is 12.2 Å². The van der Waals surface area contributed by atoms with Crippen molar-refractivity contribution in [3.8, 4) is 0 Å². The number of benzene rings is 2. The van der Waals surface area contributed by atoms with Crippen LogP contribution in [0.25, 0.3) is 9.69 Å². The summed E-state index contributed by atoms with van der Waals surface area (Å²) in [6.07, 6.45) is 3.24. The number of para-hydroxylation sites is 1. The number of anilines is 1. The fraction of sp³-hybridized carbons (Fsp3) is 0.484. The summed E-state index contributed by atoms with van der Waals surface area (Å²) in [6.45, 7) is 22.0. The third kappa shape index (κ3) is 7.55. The summed E-state index contributed by atoms with van der Waals surface area (Å²) in [5.74, 6) is 0. The maximum atomic E-state index is 12.2. The maximum absolute atomic E-state index is 12.2. The number of carbonyl (C=O) groups excluding carboxylic acids is 2. The number of hydrogen-bond acceptors (Lipinski definition) is 6. The normalized spacial score (nSPS) is 20.6. The van der Waals surface area contributed by atoms with Gasteiger partial charge < -0.3 is 24.6 Å². The molecule has 4 aliphatic rings. The van der Waals surface area contributed by atoms with Crippen molar-refractivity contribution in [2.75, 3.05) is 57.8 Å². The van der Waals surface area contributed by atoms with Crippen LogP contribution in [0.4, 0.5) is 26.7 Å². The van der Waals surface area contributed by atoms with E-state index in [9.17, 15) is 9.59 Å². The molecule has 4 aliphatic heterocycles. The molecule has 2 amide bonds. The molecule has 41 heavy (non-hydrogen) atoms. The number of likely N-dealkylation sites (N-methyl/N-ethyl adjacent to an activating group) is 1. The Hall–Kier alpha value is -4.12. The van der Waals surface area contributed by atoms with Crippen LogP contribution < -0.4 is 10.2 Å². The lowest BCUT2D eigenvalue weighted by atomic mass is 9.91. The number of hydrogen-bond donors (Lipinski definition) is 1. The average Bonchev–Trinajstić information content (AvgIpc) is 3.48. The van der Waals surface area contributed by atoms with Gasteiger partial charge in [0.25, 0.3) is 0 Å². The lowest BCUT2D eigenvalue weighted by Gasteiger charge is -2.36. The van der Waals surface area contributed by atoms with Crippen LogP contribution in [0.15, 0.2) is 54.6 Å². The van der Waals surface area contributed by atoms with Gasteiger partial charge in [0.05, 0.1) is 26.2 Å². The molecular formula is C31H38N6O4. The lowest BCUT2D eigenvalue weighted by Crippen LogP contribution is -2.46. The Balaban J connectivity index is 0.000000162. The van der Waals surface area contributed by atoms with Gasteiger partial charge in [-0.1, -0.05) is 49.4 Å². The van der Waals surface area contributed by atoms with Gasteiger partial charge in [-0.25, -0.2) is 19.3 Å². The molecule has 0 aliphatic carbocycles. The van der Waals surface area contributed by atoms with Crippen LogP contribution in [0.1, 0.15) is 32.6 Å². The predicted molar refractivity (Wildman–Crippen MR) is 157 cm³/mol. The van der Waals surface area contributed by atoms with Crippen molar-refractivity contribution in [2.24, 2.45) is 0 Å². The molecule has 0 unspecified atom stereocenters. The topological polar surface area (TPSA) is 83.1 Å². The van der Waals surface area contributed by atoms with Gasteiger partial charge in [-0.05, 0) is 31.8 Å². The number of nitrogens with zero attached hydrogens (tertiary/aromatic N) is 5. The van der Waals surface area contributed by atoms with E-state index in [2.05, 4.69) is 26.8 Å². The number of amides is 2. The first-order valence-electron chi connectivity index (χ1n) is 14.1. The fourth-order valence-corrected chi connectivity index (χ4v) is 5.50. The highest BCUT2D eigenvalue weighted by Crippen LogP contribution is 2.36. The SMILES string of the molecule is CN1CC2(CCNCC2)OC1=O.[C-]#[N+]c1ccc(N2CC3(CCN(CC)CC3)OC2=O)cc1.[C-]#[N+]c1ccccc1. The molecule has 216 valence electrons. The highest BCUT2D eigenvalue weighted by molar-refractivity contribution is 5.90. The average molecular weight is 559 g/mol. The van der Waals surface area contributed by atoms with Gasteiger partial charge in [-0.3, -0.25) is 4.90 Å². The molecule has 0 radical (unpaired) electrons. The van der Waals surface area contributed by atoms with Crippen LogP contribution in [0.2, 0.25) is 0 Å². The zero-order valence-corrected chi connectivity index (χ0v) is 23.8. The molecule has 0 aromatic heterocycles. The molecule has 6 rings (SSSR count).